The van der Waals surface area contributed by atoms with Crippen LogP contribution in [-0.2, 0) is 6.54 Å². The van der Waals surface area contributed by atoms with Crippen LogP contribution in [0.15, 0.2) is 91.0 Å². The third-order valence-electron chi connectivity index (χ3n) is 7.69. The number of fused-ring (bicyclic) bond motifs is 1. The number of hydrogen-bond donors (Lipinski definition) is 0. The molecule has 6 nitrogen and oxygen atoms in total. The molecule has 0 saturated carbocycles. The standard InChI is InChI=1S/C33H34N6/c1-25-10-8-11-26(2)32(25)39-33(34-35-36-39)31-29(18-17-28-15-6-7-16-30(28)31)24-38-22-20-37(21-23-38)19-9-14-27-12-4-3-5-13-27/h3-18H,19-24H2,1-2H3. The summed E-state index contributed by atoms with van der Waals surface area (Å²) in [6.07, 6.45) is 4.49. The molecule has 0 radical (unpaired) electrons. The lowest BCUT2D eigenvalue weighted by molar-refractivity contribution is 0.137. The summed E-state index contributed by atoms with van der Waals surface area (Å²) < 4.78 is 1.92. The van der Waals surface area contributed by atoms with E-state index in [4.69, 9.17) is 0 Å². The van der Waals surface area contributed by atoms with Gasteiger partial charge < -0.3 is 0 Å². The summed E-state index contributed by atoms with van der Waals surface area (Å²) in [6.45, 7) is 10.3. The van der Waals surface area contributed by atoms with Crippen LogP contribution in [-0.4, -0.2) is 62.7 Å². The Kier molecular flexibility index (Phi) is 7.30. The van der Waals surface area contributed by atoms with Gasteiger partial charge in [0.1, 0.15) is 0 Å². The molecule has 0 unspecified atom stereocenters. The van der Waals surface area contributed by atoms with Gasteiger partial charge in [-0.1, -0.05) is 97.1 Å². The number of rotatable bonds is 7. The average Bonchev–Trinajstić information content (AvgIpc) is 3.43. The number of tetrazole rings is 1. The summed E-state index contributed by atoms with van der Waals surface area (Å²) in [7, 11) is 0. The highest BCUT2D eigenvalue weighted by Crippen LogP contribution is 2.34. The first-order valence-corrected chi connectivity index (χ1v) is 13.7. The minimum absolute atomic E-state index is 0.795. The van der Waals surface area contributed by atoms with Crippen molar-refractivity contribution in [3.8, 4) is 17.1 Å². The highest BCUT2D eigenvalue weighted by Gasteiger charge is 2.22. The Morgan fingerprint density at radius 2 is 1.46 bits per heavy atom. The summed E-state index contributed by atoms with van der Waals surface area (Å²) in [6, 6.07) is 29.9. The first-order chi connectivity index (χ1) is 19.2. The molecule has 6 rings (SSSR count). The summed E-state index contributed by atoms with van der Waals surface area (Å²) in [5.41, 5.74) is 6.99. The molecular formula is C33H34N6. The fourth-order valence-electron chi connectivity index (χ4n) is 5.62. The second-order valence-electron chi connectivity index (χ2n) is 10.4. The van der Waals surface area contributed by atoms with Crippen LogP contribution in [0.25, 0.3) is 33.9 Å². The zero-order chi connectivity index (χ0) is 26.6. The molecule has 1 saturated heterocycles. The van der Waals surface area contributed by atoms with Crippen LogP contribution in [0.2, 0.25) is 0 Å². The molecule has 1 fully saturated rings. The lowest BCUT2D eigenvalue weighted by Crippen LogP contribution is -2.45. The maximum absolute atomic E-state index is 4.59. The highest BCUT2D eigenvalue weighted by molar-refractivity contribution is 5.97. The van der Waals surface area contributed by atoms with Crippen LogP contribution in [0.1, 0.15) is 22.3 Å². The summed E-state index contributed by atoms with van der Waals surface area (Å²) >= 11 is 0. The van der Waals surface area contributed by atoms with E-state index >= 15 is 0 Å². The first-order valence-electron chi connectivity index (χ1n) is 13.7. The molecule has 0 N–H and O–H groups in total. The van der Waals surface area contributed by atoms with E-state index in [-0.39, 0.29) is 0 Å². The molecule has 0 amide bonds. The monoisotopic (exact) mass is 514 g/mol. The van der Waals surface area contributed by atoms with E-state index in [0.717, 1.165) is 67.5 Å². The Morgan fingerprint density at radius 3 is 2.26 bits per heavy atom. The first kappa shape index (κ1) is 25.2. The van der Waals surface area contributed by atoms with E-state index in [2.05, 4.69) is 136 Å². The fourth-order valence-corrected chi connectivity index (χ4v) is 5.62. The zero-order valence-corrected chi connectivity index (χ0v) is 22.7. The van der Waals surface area contributed by atoms with Crippen molar-refractivity contribution in [1.29, 1.82) is 0 Å². The van der Waals surface area contributed by atoms with E-state index in [0.29, 0.717) is 0 Å². The summed E-state index contributed by atoms with van der Waals surface area (Å²) in [4.78, 5) is 5.08. The number of piperazine rings is 1. The van der Waals surface area contributed by atoms with Gasteiger partial charge in [-0.05, 0) is 57.3 Å². The minimum atomic E-state index is 0.795. The fraction of sp³-hybridized carbons (Fsp3) is 0.242. The molecule has 196 valence electrons. The van der Waals surface area contributed by atoms with Gasteiger partial charge in [-0.3, -0.25) is 9.80 Å². The van der Waals surface area contributed by atoms with Crippen LogP contribution in [0.3, 0.4) is 0 Å². The topological polar surface area (TPSA) is 50.1 Å². The van der Waals surface area contributed by atoms with Crippen molar-refractivity contribution in [2.75, 3.05) is 32.7 Å². The van der Waals surface area contributed by atoms with E-state index in [9.17, 15) is 0 Å². The predicted octanol–water partition coefficient (Wildman–Crippen LogP) is 5.93. The van der Waals surface area contributed by atoms with Crippen molar-refractivity contribution in [2.45, 2.75) is 20.4 Å². The third-order valence-corrected chi connectivity index (χ3v) is 7.69. The van der Waals surface area contributed by atoms with Crippen LogP contribution in [0.4, 0.5) is 0 Å². The number of para-hydroxylation sites is 1. The Balaban J connectivity index is 1.25. The van der Waals surface area contributed by atoms with Crippen molar-refractivity contribution in [2.24, 2.45) is 0 Å². The van der Waals surface area contributed by atoms with Crippen molar-refractivity contribution in [1.82, 2.24) is 30.0 Å². The van der Waals surface area contributed by atoms with Gasteiger partial charge in [0, 0.05) is 44.8 Å². The molecule has 0 atom stereocenters. The number of benzene rings is 4. The molecule has 2 heterocycles. The molecular weight excluding hydrogens is 480 g/mol. The van der Waals surface area contributed by atoms with Crippen molar-refractivity contribution in [3.05, 3.63) is 113 Å². The minimum Gasteiger partial charge on any atom is -0.297 e. The molecule has 1 aliphatic rings. The number of aryl methyl sites for hydroxylation is 2. The van der Waals surface area contributed by atoms with Crippen molar-refractivity contribution < 1.29 is 0 Å². The second-order valence-corrected chi connectivity index (χ2v) is 10.4. The Hall–Kier alpha value is -4.13. The van der Waals surface area contributed by atoms with E-state index in [1.165, 1.54) is 21.9 Å². The zero-order valence-electron chi connectivity index (χ0n) is 22.7. The molecule has 1 aromatic heterocycles. The molecule has 0 bridgehead atoms. The van der Waals surface area contributed by atoms with Gasteiger partial charge in [-0.25, -0.2) is 0 Å². The average molecular weight is 515 g/mol. The largest absolute Gasteiger partial charge is 0.297 e. The normalized spacial score (nSPS) is 14.9. The number of aromatic nitrogens is 4. The van der Waals surface area contributed by atoms with E-state index in [1.807, 2.05) is 4.68 Å². The Morgan fingerprint density at radius 1 is 0.744 bits per heavy atom. The van der Waals surface area contributed by atoms with Gasteiger partial charge in [0.15, 0.2) is 5.82 Å². The van der Waals surface area contributed by atoms with Crippen molar-refractivity contribution in [3.63, 3.8) is 0 Å². The second kappa shape index (κ2) is 11.3. The van der Waals surface area contributed by atoms with E-state index < -0.39 is 0 Å². The van der Waals surface area contributed by atoms with Crippen LogP contribution in [0, 0.1) is 13.8 Å². The lowest BCUT2D eigenvalue weighted by atomic mass is 9.97. The molecule has 0 spiro atoms. The number of nitrogens with zero attached hydrogens (tertiary/aromatic N) is 6. The van der Waals surface area contributed by atoms with Crippen LogP contribution in [0.5, 0.6) is 0 Å². The maximum Gasteiger partial charge on any atom is 0.188 e. The SMILES string of the molecule is Cc1cccc(C)c1-n1nnnc1-c1c(CN2CCN(CC=Cc3ccccc3)CC2)ccc2ccccc12. The smallest absolute Gasteiger partial charge is 0.188 e. The predicted molar refractivity (Wildman–Crippen MR) is 159 cm³/mol. The van der Waals surface area contributed by atoms with Crippen molar-refractivity contribution >= 4 is 16.8 Å². The Labute approximate surface area is 230 Å². The molecule has 6 heteroatoms. The lowest BCUT2D eigenvalue weighted by Gasteiger charge is -2.34. The molecule has 39 heavy (non-hydrogen) atoms. The van der Waals surface area contributed by atoms with Gasteiger partial charge in [0.25, 0.3) is 0 Å². The number of hydrogen-bond acceptors (Lipinski definition) is 5. The molecule has 5 aromatic rings. The maximum atomic E-state index is 4.59. The van der Waals surface area contributed by atoms with Gasteiger partial charge in [0.2, 0.25) is 0 Å². The molecule has 1 aliphatic heterocycles. The van der Waals surface area contributed by atoms with Gasteiger partial charge >= 0.3 is 0 Å². The Bertz CT molecular complexity index is 1580. The van der Waals surface area contributed by atoms with Gasteiger partial charge in [-0.15, -0.1) is 5.10 Å². The van der Waals surface area contributed by atoms with Gasteiger partial charge in [0.05, 0.1) is 5.69 Å². The van der Waals surface area contributed by atoms with E-state index in [1.54, 1.807) is 0 Å². The molecule has 4 aromatic carbocycles. The summed E-state index contributed by atoms with van der Waals surface area (Å²) in [5.74, 6) is 0.795. The van der Waals surface area contributed by atoms with Gasteiger partial charge in [-0.2, -0.15) is 4.68 Å². The summed E-state index contributed by atoms with van der Waals surface area (Å²) in [5, 5.41) is 15.6. The third kappa shape index (κ3) is 5.39. The quantitative estimate of drug-likeness (QED) is 0.269. The highest BCUT2D eigenvalue weighted by atomic mass is 15.5. The van der Waals surface area contributed by atoms with Crippen LogP contribution >= 0.6 is 0 Å². The van der Waals surface area contributed by atoms with Crippen LogP contribution < -0.4 is 0 Å². The molecule has 0 aliphatic carbocycles.